The summed E-state index contributed by atoms with van der Waals surface area (Å²) in [5.41, 5.74) is 6.29. The summed E-state index contributed by atoms with van der Waals surface area (Å²) >= 11 is 0. The lowest BCUT2D eigenvalue weighted by molar-refractivity contribution is -0.122. The van der Waals surface area contributed by atoms with Crippen LogP contribution in [0.3, 0.4) is 0 Å². The molecule has 0 aliphatic rings. The van der Waals surface area contributed by atoms with Crippen LogP contribution in [0.15, 0.2) is 24.3 Å². The van der Waals surface area contributed by atoms with Gasteiger partial charge in [-0.3, -0.25) is 4.79 Å². The van der Waals surface area contributed by atoms with Gasteiger partial charge in [-0.1, -0.05) is 13.0 Å². The molecule has 1 rings (SSSR count). The molecule has 0 aliphatic heterocycles. The smallest absolute Gasteiger partial charge is 0.220 e. The van der Waals surface area contributed by atoms with Crippen LogP contribution in [0.25, 0.3) is 0 Å². The normalized spacial score (nSPS) is 11.9. The number of ether oxygens (including phenoxy) is 2. The highest BCUT2D eigenvalue weighted by atomic mass is 16.5. The van der Waals surface area contributed by atoms with E-state index in [1.165, 1.54) is 0 Å². The average Bonchev–Trinajstić information content (AvgIpc) is 2.35. The number of carbonyl (C=O) groups excluding carboxylic acids is 1. The molecule has 1 aromatic rings. The average molecular weight is 266 g/mol. The van der Waals surface area contributed by atoms with Crippen molar-refractivity contribution in [3.63, 3.8) is 0 Å². The van der Waals surface area contributed by atoms with Crippen LogP contribution < -0.4 is 15.8 Å². The first kappa shape index (κ1) is 15.3. The van der Waals surface area contributed by atoms with Crippen LogP contribution in [-0.4, -0.2) is 32.8 Å². The van der Waals surface area contributed by atoms with E-state index in [2.05, 4.69) is 5.32 Å². The first-order valence-corrected chi connectivity index (χ1v) is 6.35. The molecule has 0 saturated heterocycles. The molecule has 0 aliphatic carbocycles. The van der Waals surface area contributed by atoms with Crippen LogP contribution in [0.2, 0.25) is 0 Å². The molecule has 19 heavy (non-hydrogen) atoms. The van der Waals surface area contributed by atoms with Gasteiger partial charge in [0.05, 0.1) is 6.54 Å². The lowest BCUT2D eigenvalue weighted by Gasteiger charge is -2.11. The number of hydrogen-bond acceptors (Lipinski definition) is 4. The van der Waals surface area contributed by atoms with Gasteiger partial charge in [-0.05, 0) is 18.1 Å². The zero-order chi connectivity index (χ0) is 14.1. The van der Waals surface area contributed by atoms with Crippen LogP contribution in [0.1, 0.15) is 13.3 Å². The Labute approximate surface area is 114 Å². The van der Waals surface area contributed by atoms with Gasteiger partial charge in [-0.15, -0.1) is 0 Å². The van der Waals surface area contributed by atoms with Gasteiger partial charge in [0, 0.05) is 31.9 Å². The first-order chi connectivity index (χ1) is 9.11. The number of rotatable bonds is 8. The fourth-order valence-corrected chi connectivity index (χ4v) is 1.70. The van der Waals surface area contributed by atoms with Crippen molar-refractivity contribution >= 4 is 11.6 Å². The van der Waals surface area contributed by atoms with E-state index in [1.54, 1.807) is 19.2 Å². The third-order valence-electron chi connectivity index (χ3n) is 2.54. The summed E-state index contributed by atoms with van der Waals surface area (Å²) in [6.07, 6.45) is 0.464. The molecule has 0 fully saturated rings. The van der Waals surface area contributed by atoms with Gasteiger partial charge >= 0.3 is 0 Å². The third kappa shape index (κ3) is 6.67. The molecule has 0 heterocycles. The van der Waals surface area contributed by atoms with Gasteiger partial charge in [0.2, 0.25) is 5.91 Å². The fraction of sp³-hybridized carbons (Fsp3) is 0.500. The summed E-state index contributed by atoms with van der Waals surface area (Å²) in [6, 6.07) is 7.21. The van der Waals surface area contributed by atoms with Crippen LogP contribution in [0.5, 0.6) is 5.75 Å². The summed E-state index contributed by atoms with van der Waals surface area (Å²) in [7, 11) is 1.63. The highest BCUT2D eigenvalue weighted by Crippen LogP contribution is 2.13. The number of hydrogen-bond donors (Lipinski definition) is 2. The quantitative estimate of drug-likeness (QED) is 0.551. The summed E-state index contributed by atoms with van der Waals surface area (Å²) in [5, 5.41) is 2.81. The van der Waals surface area contributed by atoms with E-state index >= 15 is 0 Å². The molecule has 0 bridgehead atoms. The SMILES string of the molecule is COCC(C)CC(=O)NCCOc1cccc(N)c1. The van der Waals surface area contributed by atoms with Gasteiger partial charge in [0.1, 0.15) is 12.4 Å². The van der Waals surface area contributed by atoms with Gasteiger partial charge in [0.25, 0.3) is 0 Å². The van der Waals surface area contributed by atoms with Crippen molar-refractivity contribution in [1.29, 1.82) is 0 Å². The Morgan fingerprint density at radius 2 is 2.26 bits per heavy atom. The molecule has 0 radical (unpaired) electrons. The maximum atomic E-state index is 11.6. The molecule has 106 valence electrons. The van der Waals surface area contributed by atoms with E-state index in [0.29, 0.717) is 37.6 Å². The van der Waals surface area contributed by atoms with E-state index in [-0.39, 0.29) is 11.8 Å². The van der Waals surface area contributed by atoms with Gasteiger partial charge < -0.3 is 20.5 Å². The van der Waals surface area contributed by atoms with Crippen molar-refractivity contribution in [3.8, 4) is 5.75 Å². The zero-order valence-corrected chi connectivity index (χ0v) is 11.5. The maximum Gasteiger partial charge on any atom is 0.220 e. The second-order valence-corrected chi connectivity index (χ2v) is 4.54. The lowest BCUT2D eigenvalue weighted by atomic mass is 10.1. The van der Waals surface area contributed by atoms with Gasteiger partial charge in [-0.2, -0.15) is 0 Å². The molecule has 5 nitrogen and oxygen atoms in total. The second-order valence-electron chi connectivity index (χ2n) is 4.54. The summed E-state index contributed by atoms with van der Waals surface area (Å²) in [6.45, 7) is 3.47. The molecular weight excluding hydrogens is 244 g/mol. The second kappa shape index (κ2) is 8.37. The van der Waals surface area contributed by atoms with E-state index in [0.717, 1.165) is 0 Å². The number of nitrogens with one attached hydrogen (secondary N) is 1. The predicted octanol–water partition coefficient (Wildman–Crippen LogP) is 1.44. The Kier molecular flexibility index (Phi) is 6.74. The van der Waals surface area contributed by atoms with Crippen molar-refractivity contribution in [2.24, 2.45) is 5.92 Å². The van der Waals surface area contributed by atoms with Crippen molar-refractivity contribution in [3.05, 3.63) is 24.3 Å². The van der Waals surface area contributed by atoms with Crippen LogP contribution in [0.4, 0.5) is 5.69 Å². The highest BCUT2D eigenvalue weighted by molar-refractivity contribution is 5.76. The highest BCUT2D eigenvalue weighted by Gasteiger charge is 2.08. The molecule has 5 heteroatoms. The zero-order valence-electron chi connectivity index (χ0n) is 11.5. The Morgan fingerprint density at radius 3 is 2.95 bits per heavy atom. The summed E-state index contributed by atoms with van der Waals surface area (Å²) in [5.74, 6) is 0.947. The van der Waals surface area contributed by atoms with Crippen molar-refractivity contribution in [2.45, 2.75) is 13.3 Å². The van der Waals surface area contributed by atoms with E-state index < -0.39 is 0 Å². The van der Waals surface area contributed by atoms with Crippen LogP contribution in [-0.2, 0) is 9.53 Å². The largest absolute Gasteiger partial charge is 0.492 e. The minimum Gasteiger partial charge on any atom is -0.492 e. The molecule has 0 saturated carbocycles. The van der Waals surface area contributed by atoms with Crippen LogP contribution in [0, 0.1) is 5.92 Å². The molecule has 3 N–H and O–H groups in total. The lowest BCUT2D eigenvalue weighted by Crippen LogP contribution is -2.29. The third-order valence-corrected chi connectivity index (χ3v) is 2.54. The topological polar surface area (TPSA) is 73.6 Å². The monoisotopic (exact) mass is 266 g/mol. The van der Waals surface area contributed by atoms with E-state index in [9.17, 15) is 4.79 Å². The van der Waals surface area contributed by atoms with Gasteiger partial charge in [0.15, 0.2) is 0 Å². The Balaban J connectivity index is 2.15. The number of methoxy groups -OCH3 is 1. The molecule has 1 atom stereocenters. The molecule has 0 spiro atoms. The molecule has 1 amide bonds. The Bertz CT molecular complexity index is 396. The standard InChI is InChI=1S/C14H22N2O3/c1-11(10-18-2)8-14(17)16-6-7-19-13-5-3-4-12(15)9-13/h3-5,9,11H,6-8,10,15H2,1-2H3,(H,16,17). The number of anilines is 1. The fourth-order valence-electron chi connectivity index (χ4n) is 1.70. The first-order valence-electron chi connectivity index (χ1n) is 6.35. The maximum absolute atomic E-state index is 11.6. The minimum absolute atomic E-state index is 0.0146. The number of nitrogen functional groups attached to an aromatic ring is 1. The summed E-state index contributed by atoms with van der Waals surface area (Å²) < 4.78 is 10.5. The predicted molar refractivity (Wildman–Crippen MR) is 75.0 cm³/mol. The molecular formula is C14H22N2O3. The summed E-state index contributed by atoms with van der Waals surface area (Å²) in [4.78, 5) is 11.6. The molecule has 1 aromatic carbocycles. The number of benzene rings is 1. The Morgan fingerprint density at radius 1 is 1.47 bits per heavy atom. The number of nitrogens with two attached hydrogens (primary N) is 1. The van der Waals surface area contributed by atoms with Crippen LogP contribution >= 0.6 is 0 Å². The number of amides is 1. The number of carbonyl (C=O) groups is 1. The van der Waals surface area contributed by atoms with Gasteiger partial charge in [-0.25, -0.2) is 0 Å². The molecule has 0 aromatic heterocycles. The minimum atomic E-state index is 0.0146. The Hall–Kier alpha value is -1.75. The van der Waals surface area contributed by atoms with E-state index in [1.807, 2.05) is 19.1 Å². The van der Waals surface area contributed by atoms with Crippen molar-refractivity contribution in [1.82, 2.24) is 5.32 Å². The van der Waals surface area contributed by atoms with Crippen molar-refractivity contribution < 1.29 is 14.3 Å². The molecule has 1 unspecified atom stereocenters. The van der Waals surface area contributed by atoms with Crippen molar-refractivity contribution in [2.75, 3.05) is 32.6 Å². The van der Waals surface area contributed by atoms with E-state index in [4.69, 9.17) is 15.2 Å².